The average Bonchev–Trinajstić information content (AvgIpc) is 2.87. The van der Waals surface area contributed by atoms with Crippen LogP contribution in [-0.2, 0) is 6.61 Å². The van der Waals surface area contributed by atoms with E-state index < -0.39 is 0 Å². The third kappa shape index (κ3) is 1.70. The Morgan fingerprint density at radius 3 is 3.00 bits per heavy atom. The Balaban J connectivity index is 2.23. The van der Waals surface area contributed by atoms with E-state index in [-0.39, 0.29) is 6.61 Å². The Kier molecular flexibility index (Phi) is 2.38. The summed E-state index contributed by atoms with van der Waals surface area (Å²) in [7, 11) is 0. The number of benzene rings is 1. The van der Waals surface area contributed by atoms with Gasteiger partial charge in [-0.1, -0.05) is 18.2 Å². The number of H-pyrrole nitrogens is 1. The number of pyridine rings is 1. The molecule has 2 heterocycles. The Bertz CT molecular complexity index is 658. The number of nitrogens with one attached hydrogen (secondary N) is 1. The van der Waals surface area contributed by atoms with E-state index in [9.17, 15) is 0 Å². The van der Waals surface area contributed by atoms with Gasteiger partial charge in [-0.3, -0.25) is 0 Å². The second-order valence-corrected chi connectivity index (χ2v) is 3.96. The highest BCUT2D eigenvalue weighted by atomic mass is 16.3. The van der Waals surface area contributed by atoms with E-state index in [1.807, 2.05) is 42.6 Å². The predicted octanol–water partition coefficient (Wildman–Crippen LogP) is 2.72. The topological polar surface area (TPSA) is 48.9 Å². The summed E-state index contributed by atoms with van der Waals surface area (Å²) in [6, 6.07) is 11.9. The number of hydrogen-bond donors (Lipinski definition) is 2. The van der Waals surface area contributed by atoms with Gasteiger partial charge in [0.05, 0.1) is 6.61 Å². The molecule has 2 aromatic heterocycles. The number of nitrogens with zero attached hydrogens (tertiary/aromatic N) is 1. The smallest absolute Gasteiger partial charge is 0.137 e. The molecule has 0 radical (unpaired) electrons. The summed E-state index contributed by atoms with van der Waals surface area (Å²) in [5, 5.41) is 10.3. The zero-order chi connectivity index (χ0) is 11.7. The molecule has 0 aliphatic rings. The Morgan fingerprint density at radius 2 is 2.12 bits per heavy atom. The average molecular weight is 224 g/mol. The molecule has 84 valence electrons. The van der Waals surface area contributed by atoms with Crippen LogP contribution in [0.3, 0.4) is 0 Å². The van der Waals surface area contributed by atoms with Gasteiger partial charge in [-0.05, 0) is 34.9 Å². The van der Waals surface area contributed by atoms with Crippen LogP contribution in [0.15, 0.2) is 48.8 Å². The molecule has 3 aromatic rings. The van der Waals surface area contributed by atoms with Crippen LogP contribution in [0.2, 0.25) is 0 Å². The third-order valence-corrected chi connectivity index (χ3v) is 2.88. The molecule has 3 nitrogen and oxygen atoms in total. The van der Waals surface area contributed by atoms with Crippen molar-refractivity contribution in [2.24, 2.45) is 0 Å². The number of aromatic nitrogens is 2. The first-order valence-corrected chi connectivity index (χ1v) is 5.51. The van der Waals surface area contributed by atoms with Gasteiger partial charge in [-0.15, -0.1) is 0 Å². The van der Waals surface area contributed by atoms with Gasteiger partial charge < -0.3 is 10.1 Å². The van der Waals surface area contributed by atoms with Crippen molar-refractivity contribution in [3.8, 4) is 11.1 Å². The van der Waals surface area contributed by atoms with Gasteiger partial charge in [-0.25, -0.2) is 4.98 Å². The summed E-state index contributed by atoms with van der Waals surface area (Å²) < 4.78 is 0. The minimum atomic E-state index is 0.0647. The molecule has 0 aliphatic carbocycles. The van der Waals surface area contributed by atoms with Gasteiger partial charge in [0.2, 0.25) is 0 Å². The fourth-order valence-corrected chi connectivity index (χ4v) is 2.05. The molecule has 2 N–H and O–H groups in total. The lowest BCUT2D eigenvalue weighted by molar-refractivity contribution is 0.282. The molecular weight excluding hydrogens is 212 g/mol. The molecule has 3 heteroatoms. The van der Waals surface area contributed by atoms with E-state index >= 15 is 0 Å². The largest absolute Gasteiger partial charge is 0.392 e. The molecule has 0 spiro atoms. The van der Waals surface area contributed by atoms with Crippen molar-refractivity contribution >= 4 is 11.0 Å². The fraction of sp³-hybridized carbons (Fsp3) is 0.0714. The molecule has 0 atom stereocenters. The Hall–Kier alpha value is -2.13. The first kappa shape index (κ1) is 10.1. The molecule has 17 heavy (non-hydrogen) atoms. The van der Waals surface area contributed by atoms with E-state index in [4.69, 9.17) is 5.11 Å². The van der Waals surface area contributed by atoms with E-state index in [2.05, 4.69) is 9.97 Å². The van der Waals surface area contributed by atoms with Crippen LogP contribution in [0.1, 0.15) is 5.56 Å². The Labute approximate surface area is 98.8 Å². The van der Waals surface area contributed by atoms with Crippen molar-refractivity contribution in [1.29, 1.82) is 0 Å². The van der Waals surface area contributed by atoms with Crippen molar-refractivity contribution in [3.05, 3.63) is 54.4 Å². The zero-order valence-electron chi connectivity index (χ0n) is 9.22. The summed E-state index contributed by atoms with van der Waals surface area (Å²) in [6.07, 6.45) is 3.68. The van der Waals surface area contributed by atoms with Crippen LogP contribution in [0.25, 0.3) is 22.2 Å². The lowest BCUT2D eigenvalue weighted by Crippen LogP contribution is -1.86. The molecule has 0 bridgehead atoms. The first-order valence-electron chi connectivity index (χ1n) is 5.51. The number of aliphatic hydroxyl groups excluding tert-OH is 1. The molecule has 0 aliphatic heterocycles. The van der Waals surface area contributed by atoms with Crippen molar-refractivity contribution in [2.45, 2.75) is 6.61 Å². The van der Waals surface area contributed by atoms with Crippen LogP contribution in [0.4, 0.5) is 0 Å². The highest BCUT2D eigenvalue weighted by Crippen LogP contribution is 2.27. The molecular formula is C14H12N2O. The van der Waals surface area contributed by atoms with Gasteiger partial charge >= 0.3 is 0 Å². The molecule has 0 unspecified atom stereocenters. The molecule has 0 saturated heterocycles. The number of aliphatic hydroxyl groups is 1. The maximum Gasteiger partial charge on any atom is 0.137 e. The molecule has 3 rings (SSSR count). The fourth-order valence-electron chi connectivity index (χ4n) is 2.05. The number of aromatic amines is 1. The normalized spacial score (nSPS) is 10.9. The van der Waals surface area contributed by atoms with E-state index in [0.29, 0.717) is 0 Å². The molecule has 0 saturated carbocycles. The van der Waals surface area contributed by atoms with E-state index in [0.717, 1.165) is 27.7 Å². The second kappa shape index (κ2) is 4.03. The van der Waals surface area contributed by atoms with Crippen LogP contribution in [0, 0.1) is 0 Å². The van der Waals surface area contributed by atoms with Gasteiger partial charge in [0, 0.05) is 17.8 Å². The summed E-state index contributed by atoms with van der Waals surface area (Å²) in [5.74, 6) is 0. The minimum Gasteiger partial charge on any atom is -0.392 e. The molecule has 0 fully saturated rings. The van der Waals surface area contributed by atoms with Crippen molar-refractivity contribution in [2.75, 3.05) is 0 Å². The maximum absolute atomic E-state index is 9.16. The van der Waals surface area contributed by atoms with Crippen molar-refractivity contribution in [1.82, 2.24) is 9.97 Å². The van der Waals surface area contributed by atoms with Crippen LogP contribution >= 0.6 is 0 Å². The van der Waals surface area contributed by atoms with Gasteiger partial charge in [0.25, 0.3) is 0 Å². The summed E-state index contributed by atoms with van der Waals surface area (Å²) >= 11 is 0. The number of rotatable bonds is 2. The second-order valence-electron chi connectivity index (χ2n) is 3.96. The monoisotopic (exact) mass is 224 g/mol. The van der Waals surface area contributed by atoms with Gasteiger partial charge in [0.1, 0.15) is 5.65 Å². The maximum atomic E-state index is 9.16. The molecule has 1 aromatic carbocycles. The van der Waals surface area contributed by atoms with E-state index in [1.165, 1.54) is 0 Å². The zero-order valence-corrected chi connectivity index (χ0v) is 9.22. The van der Waals surface area contributed by atoms with Crippen LogP contribution < -0.4 is 0 Å². The summed E-state index contributed by atoms with van der Waals surface area (Å²) in [6.45, 7) is 0.0647. The van der Waals surface area contributed by atoms with E-state index in [1.54, 1.807) is 6.20 Å². The first-order chi connectivity index (χ1) is 8.38. The van der Waals surface area contributed by atoms with Crippen LogP contribution in [-0.4, -0.2) is 15.1 Å². The quantitative estimate of drug-likeness (QED) is 0.703. The standard InChI is InChI=1S/C14H12N2O/c17-9-10-2-1-3-11(8-10)12-4-6-15-14-13(12)5-7-16-14/h1-8,17H,9H2,(H,15,16). The summed E-state index contributed by atoms with van der Waals surface area (Å²) in [4.78, 5) is 7.36. The third-order valence-electron chi connectivity index (χ3n) is 2.88. The summed E-state index contributed by atoms with van der Waals surface area (Å²) in [5.41, 5.74) is 4.04. The van der Waals surface area contributed by atoms with Crippen molar-refractivity contribution in [3.63, 3.8) is 0 Å². The number of hydrogen-bond acceptors (Lipinski definition) is 2. The van der Waals surface area contributed by atoms with Gasteiger partial charge in [-0.2, -0.15) is 0 Å². The van der Waals surface area contributed by atoms with Crippen LogP contribution in [0.5, 0.6) is 0 Å². The molecule has 0 amide bonds. The Morgan fingerprint density at radius 1 is 1.18 bits per heavy atom. The SMILES string of the molecule is OCc1cccc(-c2ccnc3[nH]ccc23)c1. The highest BCUT2D eigenvalue weighted by molar-refractivity contribution is 5.92. The van der Waals surface area contributed by atoms with Crippen molar-refractivity contribution < 1.29 is 5.11 Å². The van der Waals surface area contributed by atoms with Gasteiger partial charge in [0.15, 0.2) is 0 Å². The lowest BCUT2D eigenvalue weighted by Gasteiger charge is -2.05. The predicted molar refractivity (Wildman–Crippen MR) is 67.5 cm³/mol. The minimum absolute atomic E-state index is 0.0647. The lowest BCUT2D eigenvalue weighted by atomic mass is 10.0. The number of fused-ring (bicyclic) bond motifs is 1. The highest BCUT2D eigenvalue weighted by Gasteiger charge is 2.05.